The Morgan fingerprint density at radius 2 is 2.12 bits per heavy atom. The molecule has 1 N–H and O–H groups in total. The normalized spacial score (nSPS) is 16.6. The summed E-state index contributed by atoms with van der Waals surface area (Å²) in [4.78, 5) is 16.2. The second-order valence-electron chi connectivity index (χ2n) is 6.54. The summed E-state index contributed by atoms with van der Waals surface area (Å²) in [5, 5.41) is 8.05. The van der Waals surface area contributed by atoms with E-state index >= 15 is 0 Å². The number of hydrogen-bond donors (Lipinski definition) is 1. The largest absolute Gasteiger partial charge is 0.316 e. The molecule has 0 unspecified atom stereocenters. The van der Waals surface area contributed by atoms with Crippen molar-refractivity contribution < 1.29 is 4.79 Å². The number of aryl methyl sites for hydroxylation is 3. The molecule has 1 aliphatic heterocycles. The van der Waals surface area contributed by atoms with E-state index in [9.17, 15) is 4.79 Å². The first kappa shape index (κ1) is 16.0. The van der Waals surface area contributed by atoms with E-state index in [-0.39, 0.29) is 11.8 Å². The minimum atomic E-state index is 0.0533. The van der Waals surface area contributed by atoms with Crippen LogP contribution in [0, 0.1) is 20.8 Å². The minimum absolute atomic E-state index is 0.0533. The molecule has 0 bridgehead atoms. The molecule has 25 heavy (non-hydrogen) atoms. The monoisotopic (exact) mass is 353 g/mol. The number of carbonyl (C=O) groups excluding carboxylic acids is 1. The van der Waals surface area contributed by atoms with E-state index in [1.807, 2.05) is 11.6 Å². The molecule has 0 fully saturated rings. The number of anilines is 1. The fourth-order valence-electron chi connectivity index (χ4n) is 3.56. The Labute approximate surface area is 150 Å². The van der Waals surface area contributed by atoms with Crippen molar-refractivity contribution in [3.8, 4) is 0 Å². The van der Waals surface area contributed by atoms with Crippen LogP contribution in [0.3, 0.4) is 0 Å². The Kier molecular flexibility index (Phi) is 3.88. The highest BCUT2D eigenvalue weighted by atomic mass is 32.1. The number of amides is 1. The molecule has 3 heterocycles. The van der Waals surface area contributed by atoms with Gasteiger partial charge in [-0.25, -0.2) is 9.67 Å². The molecular formula is C18H19N5OS. The number of carbonyl (C=O) groups is 1. The van der Waals surface area contributed by atoms with Crippen molar-refractivity contribution in [2.24, 2.45) is 0 Å². The van der Waals surface area contributed by atoms with Gasteiger partial charge in [-0.2, -0.15) is 9.47 Å². The summed E-state index contributed by atoms with van der Waals surface area (Å²) >= 11 is 1.37. The first-order chi connectivity index (χ1) is 12.0. The molecule has 1 aromatic carbocycles. The van der Waals surface area contributed by atoms with Gasteiger partial charge in [0.1, 0.15) is 17.7 Å². The molecule has 1 atom stereocenters. The number of benzene rings is 1. The van der Waals surface area contributed by atoms with Gasteiger partial charge in [0.25, 0.3) is 0 Å². The molecule has 0 saturated heterocycles. The van der Waals surface area contributed by atoms with Gasteiger partial charge in [-0.1, -0.05) is 12.1 Å². The van der Waals surface area contributed by atoms with Crippen molar-refractivity contribution in [1.29, 1.82) is 0 Å². The fraction of sp³-hybridized carbons (Fsp3) is 0.333. The molecule has 0 saturated carbocycles. The Morgan fingerprint density at radius 1 is 1.28 bits per heavy atom. The van der Waals surface area contributed by atoms with Gasteiger partial charge in [-0.3, -0.25) is 4.79 Å². The summed E-state index contributed by atoms with van der Waals surface area (Å²) in [6, 6.07) is 4.42. The predicted octanol–water partition coefficient (Wildman–Crippen LogP) is 3.18. The summed E-state index contributed by atoms with van der Waals surface area (Å²) in [6.45, 7) is 6.91. The van der Waals surface area contributed by atoms with Crippen LogP contribution in [0.15, 0.2) is 24.8 Å². The zero-order valence-corrected chi connectivity index (χ0v) is 15.2. The molecular weight excluding hydrogens is 334 g/mol. The van der Waals surface area contributed by atoms with Gasteiger partial charge in [0.2, 0.25) is 5.91 Å². The molecule has 0 aliphatic carbocycles. The van der Waals surface area contributed by atoms with Crippen molar-refractivity contribution in [3.63, 3.8) is 0 Å². The molecule has 1 aliphatic rings. The second kappa shape index (κ2) is 6.07. The average molecular weight is 353 g/mol. The lowest BCUT2D eigenvalue weighted by atomic mass is 9.82. The third kappa shape index (κ3) is 2.84. The lowest BCUT2D eigenvalue weighted by molar-refractivity contribution is -0.116. The zero-order chi connectivity index (χ0) is 17.6. The van der Waals surface area contributed by atoms with Gasteiger partial charge >= 0.3 is 0 Å². The van der Waals surface area contributed by atoms with Gasteiger partial charge in [-0.05, 0) is 54.6 Å². The van der Waals surface area contributed by atoms with Crippen LogP contribution >= 0.6 is 11.5 Å². The maximum atomic E-state index is 12.2. The van der Waals surface area contributed by atoms with Crippen molar-refractivity contribution in [3.05, 3.63) is 58.3 Å². The van der Waals surface area contributed by atoms with Gasteiger partial charge in [0.05, 0.1) is 12.2 Å². The Hall–Kier alpha value is -2.54. The van der Waals surface area contributed by atoms with E-state index < -0.39 is 0 Å². The lowest BCUT2D eigenvalue weighted by Gasteiger charge is -2.25. The highest BCUT2D eigenvalue weighted by Crippen LogP contribution is 2.42. The van der Waals surface area contributed by atoms with Gasteiger partial charge in [0.15, 0.2) is 0 Å². The number of fused-ring (bicyclic) bond motifs is 1. The number of aromatic nitrogens is 4. The highest BCUT2D eigenvalue weighted by molar-refractivity contribution is 7.10. The zero-order valence-electron chi connectivity index (χ0n) is 14.4. The SMILES string of the molecule is Cc1cc(C)c([C@@H]2CC(=O)Nc3snc(C)c32)cc1Cn1cncn1. The molecule has 0 spiro atoms. The average Bonchev–Trinajstić information content (AvgIpc) is 3.19. The standard InChI is InChI=1S/C18H19N5OS/c1-10-4-11(2)14(5-13(10)7-23-9-19-8-20-23)15-6-16(24)21-18-17(15)12(3)22-25-18/h4-5,8-9,15H,6-7H2,1-3H3,(H,21,24)/t15-/m0/s1. The highest BCUT2D eigenvalue weighted by Gasteiger charge is 2.31. The third-order valence-corrected chi connectivity index (χ3v) is 5.67. The van der Waals surface area contributed by atoms with Crippen molar-refractivity contribution in [2.75, 3.05) is 5.32 Å². The minimum Gasteiger partial charge on any atom is -0.316 e. The fourth-order valence-corrected chi connectivity index (χ4v) is 4.43. The number of hydrogen-bond acceptors (Lipinski definition) is 5. The van der Waals surface area contributed by atoms with Crippen LogP contribution < -0.4 is 5.32 Å². The summed E-state index contributed by atoms with van der Waals surface area (Å²) in [5.41, 5.74) is 6.97. The maximum Gasteiger partial charge on any atom is 0.225 e. The summed E-state index contributed by atoms with van der Waals surface area (Å²) < 4.78 is 6.26. The second-order valence-corrected chi connectivity index (χ2v) is 7.32. The van der Waals surface area contributed by atoms with Crippen LogP contribution in [-0.2, 0) is 11.3 Å². The third-order valence-electron chi connectivity index (χ3n) is 4.80. The quantitative estimate of drug-likeness (QED) is 0.785. The molecule has 0 radical (unpaired) electrons. The molecule has 128 valence electrons. The molecule has 2 aromatic heterocycles. The molecule has 4 rings (SSSR count). The predicted molar refractivity (Wildman–Crippen MR) is 97.0 cm³/mol. The van der Waals surface area contributed by atoms with Crippen molar-refractivity contribution in [1.82, 2.24) is 19.1 Å². The number of nitrogens with zero attached hydrogens (tertiary/aromatic N) is 4. The number of rotatable bonds is 3. The van der Waals surface area contributed by atoms with Crippen molar-refractivity contribution in [2.45, 2.75) is 39.7 Å². The van der Waals surface area contributed by atoms with Crippen LogP contribution in [0.25, 0.3) is 0 Å². The van der Waals surface area contributed by atoms with Gasteiger partial charge in [-0.15, -0.1) is 0 Å². The first-order valence-electron chi connectivity index (χ1n) is 8.21. The molecule has 6 nitrogen and oxygen atoms in total. The van der Waals surface area contributed by atoms with E-state index in [0.717, 1.165) is 16.3 Å². The summed E-state index contributed by atoms with van der Waals surface area (Å²) in [5.74, 6) is 0.108. The maximum absolute atomic E-state index is 12.2. The smallest absolute Gasteiger partial charge is 0.225 e. The van der Waals surface area contributed by atoms with Crippen LogP contribution in [0.5, 0.6) is 0 Å². The van der Waals surface area contributed by atoms with E-state index in [1.165, 1.54) is 33.8 Å². The van der Waals surface area contributed by atoms with E-state index in [1.54, 1.807) is 12.7 Å². The number of nitrogens with one attached hydrogen (secondary N) is 1. The topological polar surface area (TPSA) is 72.7 Å². The van der Waals surface area contributed by atoms with E-state index in [0.29, 0.717) is 13.0 Å². The lowest BCUT2D eigenvalue weighted by Crippen LogP contribution is -2.23. The molecule has 3 aromatic rings. The molecule has 1 amide bonds. The summed E-state index contributed by atoms with van der Waals surface area (Å²) in [6.07, 6.45) is 3.72. The Bertz CT molecular complexity index is 945. The van der Waals surface area contributed by atoms with Crippen LogP contribution in [0.2, 0.25) is 0 Å². The first-order valence-corrected chi connectivity index (χ1v) is 8.98. The van der Waals surface area contributed by atoms with Gasteiger partial charge in [0, 0.05) is 17.9 Å². The van der Waals surface area contributed by atoms with Crippen molar-refractivity contribution >= 4 is 22.4 Å². The van der Waals surface area contributed by atoms with E-state index in [2.05, 4.69) is 45.8 Å². The van der Waals surface area contributed by atoms with Gasteiger partial charge < -0.3 is 5.32 Å². The van der Waals surface area contributed by atoms with E-state index in [4.69, 9.17) is 0 Å². The summed E-state index contributed by atoms with van der Waals surface area (Å²) in [7, 11) is 0. The van der Waals surface area contributed by atoms with Crippen LogP contribution in [0.4, 0.5) is 5.00 Å². The van der Waals surface area contributed by atoms with Crippen LogP contribution in [0.1, 0.15) is 45.8 Å². The van der Waals surface area contributed by atoms with Crippen LogP contribution in [-0.4, -0.2) is 25.0 Å². The Morgan fingerprint density at radius 3 is 2.88 bits per heavy atom. The Balaban J connectivity index is 1.80. The molecule has 7 heteroatoms.